The fraction of sp³-hybridized carbons (Fsp3) is 0.111. The average Bonchev–Trinajstić information content (AvgIpc) is 2.99. The predicted molar refractivity (Wildman–Crippen MR) is 97.0 cm³/mol. The first-order chi connectivity index (χ1) is 11.2. The van der Waals surface area contributed by atoms with Crippen molar-refractivity contribution in [3.63, 3.8) is 0 Å². The first kappa shape index (κ1) is 15.8. The minimum atomic E-state index is -0.317. The molecule has 1 amide bonds. The molecule has 116 valence electrons. The molecule has 23 heavy (non-hydrogen) atoms. The van der Waals surface area contributed by atoms with Crippen LogP contribution in [0.5, 0.6) is 0 Å². The van der Waals surface area contributed by atoms with Crippen molar-refractivity contribution in [2.75, 3.05) is 5.32 Å². The Hall–Kier alpha value is -2.11. The van der Waals surface area contributed by atoms with E-state index in [9.17, 15) is 4.79 Å². The van der Waals surface area contributed by atoms with Crippen LogP contribution in [0, 0.1) is 6.92 Å². The lowest BCUT2D eigenvalue weighted by atomic mass is 10.1. The Morgan fingerprint density at radius 2 is 1.74 bits per heavy atom. The van der Waals surface area contributed by atoms with Crippen LogP contribution in [0.15, 0.2) is 71.8 Å². The molecule has 0 unspecified atom stereocenters. The van der Waals surface area contributed by atoms with E-state index in [0.717, 1.165) is 15.3 Å². The topological polar surface area (TPSA) is 42.0 Å². The van der Waals surface area contributed by atoms with Gasteiger partial charge in [-0.05, 0) is 24.6 Å². The summed E-state index contributed by atoms with van der Waals surface area (Å²) in [6.07, 6.45) is 1.77. The molecule has 1 heterocycles. The molecule has 3 nitrogen and oxygen atoms in total. The lowest BCUT2D eigenvalue weighted by molar-refractivity contribution is -0.115. The van der Waals surface area contributed by atoms with E-state index in [1.54, 1.807) is 18.0 Å². The number of hydrogen-bond acceptors (Lipinski definition) is 4. The molecule has 0 spiro atoms. The maximum atomic E-state index is 12.8. The maximum absolute atomic E-state index is 12.8. The molecule has 1 N–H and O–H groups in total. The second-order valence-corrected chi connectivity index (χ2v) is 7.40. The number of anilines is 1. The highest BCUT2D eigenvalue weighted by molar-refractivity contribution is 8.00. The third-order valence-electron chi connectivity index (χ3n) is 3.19. The van der Waals surface area contributed by atoms with E-state index in [1.807, 2.05) is 67.6 Å². The van der Waals surface area contributed by atoms with E-state index in [-0.39, 0.29) is 11.2 Å². The van der Waals surface area contributed by atoms with Gasteiger partial charge in [-0.15, -0.1) is 23.1 Å². The van der Waals surface area contributed by atoms with Crippen LogP contribution in [0.3, 0.4) is 0 Å². The third kappa shape index (κ3) is 4.21. The van der Waals surface area contributed by atoms with Gasteiger partial charge in [-0.1, -0.05) is 48.5 Å². The van der Waals surface area contributed by atoms with Gasteiger partial charge >= 0.3 is 0 Å². The van der Waals surface area contributed by atoms with Gasteiger partial charge in [-0.2, -0.15) is 0 Å². The van der Waals surface area contributed by atoms with E-state index in [2.05, 4.69) is 10.3 Å². The zero-order chi connectivity index (χ0) is 16.1. The monoisotopic (exact) mass is 340 g/mol. The molecule has 0 aliphatic carbocycles. The molecule has 0 aliphatic rings. The summed E-state index contributed by atoms with van der Waals surface area (Å²) in [5.41, 5.74) is 0.979. The number of thioether (sulfide) groups is 1. The molecule has 2 aromatic carbocycles. The fourth-order valence-corrected chi connectivity index (χ4v) is 3.83. The van der Waals surface area contributed by atoms with Crippen LogP contribution >= 0.6 is 23.1 Å². The molecule has 0 radical (unpaired) electrons. The van der Waals surface area contributed by atoms with Crippen molar-refractivity contribution in [3.8, 4) is 0 Å². The second kappa shape index (κ2) is 7.44. The summed E-state index contributed by atoms with van der Waals surface area (Å²) in [4.78, 5) is 19.1. The Labute approximate surface area is 143 Å². The third-order valence-corrected chi connectivity index (χ3v) is 5.28. The summed E-state index contributed by atoms with van der Waals surface area (Å²) in [7, 11) is 0. The highest BCUT2D eigenvalue weighted by Crippen LogP contribution is 2.36. The molecular formula is C18H16N2OS2. The van der Waals surface area contributed by atoms with E-state index in [0.29, 0.717) is 5.13 Å². The van der Waals surface area contributed by atoms with Gasteiger partial charge in [0.2, 0.25) is 5.91 Å². The van der Waals surface area contributed by atoms with Gasteiger partial charge < -0.3 is 5.32 Å². The Kier molecular flexibility index (Phi) is 5.10. The van der Waals surface area contributed by atoms with Crippen molar-refractivity contribution in [2.24, 2.45) is 0 Å². The maximum Gasteiger partial charge on any atom is 0.244 e. The minimum Gasteiger partial charge on any atom is -0.301 e. The van der Waals surface area contributed by atoms with E-state index in [1.165, 1.54) is 11.3 Å². The second-order valence-electron chi connectivity index (χ2n) is 4.99. The first-order valence-corrected chi connectivity index (χ1v) is 8.92. The van der Waals surface area contributed by atoms with Gasteiger partial charge in [0.15, 0.2) is 5.13 Å². The zero-order valence-corrected chi connectivity index (χ0v) is 14.2. The van der Waals surface area contributed by atoms with Crippen LogP contribution in [0.2, 0.25) is 0 Å². The smallest absolute Gasteiger partial charge is 0.244 e. The van der Waals surface area contributed by atoms with Crippen LogP contribution < -0.4 is 5.32 Å². The summed E-state index contributed by atoms with van der Waals surface area (Å²) in [5, 5.41) is 3.25. The highest BCUT2D eigenvalue weighted by atomic mass is 32.2. The van der Waals surface area contributed by atoms with Gasteiger partial charge in [0, 0.05) is 16.0 Å². The Balaban J connectivity index is 1.84. The number of carbonyl (C=O) groups excluding carboxylic acids is 1. The van der Waals surface area contributed by atoms with Gasteiger partial charge in [0.05, 0.1) is 0 Å². The van der Waals surface area contributed by atoms with Gasteiger partial charge in [-0.3, -0.25) is 4.79 Å². The predicted octanol–water partition coefficient (Wildman–Crippen LogP) is 4.92. The molecule has 0 saturated carbocycles. The van der Waals surface area contributed by atoms with E-state index < -0.39 is 0 Å². The summed E-state index contributed by atoms with van der Waals surface area (Å²) >= 11 is 3.02. The number of thiazole rings is 1. The summed E-state index contributed by atoms with van der Waals surface area (Å²) < 4.78 is 0. The Bertz CT molecular complexity index is 772. The first-order valence-electron chi connectivity index (χ1n) is 7.22. The Morgan fingerprint density at radius 3 is 2.35 bits per heavy atom. The molecule has 5 heteroatoms. The van der Waals surface area contributed by atoms with Crippen LogP contribution in [-0.2, 0) is 4.79 Å². The number of rotatable bonds is 5. The summed E-state index contributed by atoms with van der Waals surface area (Å²) in [6.45, 7) is 1.97. The average molecular weight is 340 g/mol. The number of hydrogen-bond donors (Lipinski definition) is 1. The molecule has 0 saturated heterocycles. The minimum absolute atomic E-state index is 0.0561. The molecule has 0 fully saturated rings. The number of nitrogens with one attached hydrogen (secondary N) is 1. The summed E-state index contributed by atoms with van der Waals surface area (Å²) in [5.74, 6) is -0.0561. The van der Waals surface area contributed by atoms with Gasteiger partial charge in [0.25, 0.3) is 0 Å². The summed E-state index contributed by atoms with van der Waals surface area (Å²) in [6, 6.07) is 19.8. The largest absolute Gasteiger partial charge is 0.301 e. The highest BCUT2D eigenvalue weighted by Gasteiger charge is 2.22. The number of carbonyl (C=O) groups is 1. The molecule has 0 bridgehead atoms. The number of benzene rings is 2. The van der Waals surface area contributed by atoms with Crippen LogP contribution in [0.4, 0.5) is 5.13 Å². The number of aromatic nitrogens is 1. The van der Waals surface area contributed by atoms with Crippen molar-refractivity contribution in [1.29, 1.82) is 0 Å². The van der Waals surface area contributed by atoms with Crippen LogP contribution in [0.25, 0.3) is 0 Å². The number of nitrogens with zero attached hydrogens (tertiary/aromatic N) is 1. The van der Waals surface area contributed by atoms with Crippen molar-refractivity contribution >= 4 is 34.1 Å². The van der Waals surface area contributed by atoms with Crippen molar-refractivity contribution in [1.82, 2.24) is 4.98 Å². The van der Waals surface area contributed by atoms with Crippen molar-refractivity contribution < 1.29 is 4.79 Å². The lowest BCUT2D eigenvalue weighted by Crippen LogP contribution is -2.18. The fourth-order valence-electron chi connectivity index (χ4n) is 2.12. The van der Waals surface area contributed by atoms with Crippen molar-refractivity contribution in [3.05, 3.63) is 77.3 Å². The number of amides is 1. The van der Waals surface area contributed by atoms with Crippen LogP contribution in [-0.4, -0.2) is 10.9 Å². The SMILES string of the molecule is Cc1cnc(NC(=O)[C@H](Sc2ccccc2)c2ccccc2)s1. The molecule has 3 aromatic rings. The van der Waals surface area contributed by atoms with Gasteiger partial charge in [0.1, 0.15) is 5.25 Å². The van der Waals surface area contributed by atoms with Gasteiger partial charge in [-0.25, -0.2) is 4.98 Å². The zero-order valence-electron chi connectivity index (χ0n) is 12.6. The molecule has 1 atom stereocenters. The standard InChI is InChI=1S/C18H16N2OS2/c1-13-12-19-18(22-13)20-17(21)16(14-8-4-2-5-9-14)23-15-10-6-3-7-11-15/h2-12,16H,1H3,(H,19,20,21)/t16-/m1/s1. The number of aryl methyl sites for hydroxylation is 1. The van der Waals surface area contributed by atoms with E-state index in [4.69, 9.17) is 0 Å². The van der Waals surface area contributed by atoms with E-state index >= 15 is 0 Å². The van der Waals surface area contributed by atoms with Crippen LogP contribution in [0.1, 0.15) is 15.7 Å². The lowest BCUT2D eigenvalue weighted by Gasteiger charge is -2.16. The van der Waals surface area contributed by atoms with Crippen molar-refractivity contribution in [2.45, 2.75) is 17.1 Å². The molecular weight excluding hydrogens is 324 g/mol. The molecule has 0 aliphatic heterocycles. The molecule has 1 aromatic heterocycles. The normalized spacial score (nSPS) is 11.9. The quantitative estimate of drug-likeness (QED) is 0.670. The molecule has 3 rings (SSSR count). The Morgan fingerprint density at radius 1 is 1.09 bits per heavy atom.